The van der Waals surface area contributed by atoms with E-state index in [-0.39, 0.29) is 0 Å². The minimum absolute atomic E-state index is 0.742. The van der Waals surface area contributed by atoms with Crippen LogP contribution >= 0.6 is 31.9 Å². The number of fused-ring (bicyclic) bond motifs is 1. The van der Waals surface area contributed by atoms with Gasteiger partial charge in [-0.1, -0.05) is 6.92 Å². The van der Waals surface area contributed by atoms with Crippen LogP contribution in [-0.4, -0.2) is 15.0 Å². The summed E-state index contributed by atoms with van der Waals surface area (Å²) in [5.74, 6) is 0. The van der Waals surface area contributed by atoms with Gasteiger partial charge in [0, 0.05) is 6.20 Å². The average molecular weight is 305 g/mol. The lowest BCUT2D eigenvalue weighted by Crippen LogP contribution is -1.88. The molecule has 0 fully saturated rings. The third-order valence-electron chi connectivity index (χ3n) is 1.86. The molecule has 2 aromatic heterocycles. The molecule has 68 valence electrons. The van der Waals surface area contributed by atoms with Gasteiger partial charge >= 0.3 is 0 Å². The molecule has 0 spiro atoms. The number of imidazole rings is 1. The Morgan fingerprint density at radius 1 is 1.46 bits per heavy atom. The van der Waals surface area contributed by atoms with Crippen molar-refractivity contribution in [3.8, 4) is 0 Å². The van der Waals surface area contributed by atoms with Crippen LogP contribution in [0.3, 0.4) is 0 Å². The first kappa shape index (κ1) is 9.15. The SMILES string of the molecule is CCc1ncc(Br)c2nc(Br)[nH]c12. The number of hydrogen-bond donors (Lipinski definition) is 1. The number of aromatic amines is 1. The molecular formula is C8H7Br2N3. The molecule has 2 heterocycles. The Bertz CT molecular complexity index is 450. The summed E-state index contributed by atoms with van der Waals surface area (Å²) in [4.78, 5) is 11.7. The molecule has 0 bridgehead atoms. The van der Waals surface area contributed by atoms with E-state index < -0.39 is 0 Å². The van der Waals surface area contributed by atoms with Crippen molar-refractivity contribution in [2.24, 2.45) is 0 Å². The Morgan fingerprint density at radius 3 is 2.92 bits per heavy atom. The summed E-state index contributed by atoms with van der Waals surface area (Å²) in [6, 6.07) is 0. The Balaban J connectivity index is 2.83. The van der Waals surface area contributed by atoms with E-state index in [1.54, 1.807) is 6.20 Å². The summed E-state index contributed by atoms with van der Waals surface area (Å²) < 4.78 is 1.66. The molecule has 13 heavy (non-hydrogen) atoms. The second kappa shape index (κ2) is 3.38. The van der Waals surface area contributed by atoms with Gasteiger partial charge in [-0.2, -0.15) is 0 Å². The Morgan fingerprint density at radius 2 is 2.23 bits per heavy atom. The zero-order valence-electron chi connectivity index (χ0n) is 6.93. The summed E-state index contributed by atoms with van der Waals surface area (Å²) in [5.41, 5.74) is 2.97. The third-order valence-corrected chi connectivity index (χ3v) is 2.81. The van der Waals surface area contributed by atoms with Crippen LogP contribution in [0.5, 0.6) is 0 Å². The van der Waals surface area contributed by atoms with E-state index in [0.717, 1.165) is 32.4 Å². The molecule has 0 aliphatic carbocycles. The minimum Gasteiger partial charge on any atom is -0.331 e. The Labute approximate surface area is 92.2 Å². The molecule has 5 heteroatoms. The van der Waals surface area contributed by atoms with Crippen molar-refractivity contribution in [2.75, 3.05) is 0 Å². The van der Waals surface area contributed by atoms with E-state index in [4.69, 9.17) is 0 Å². The number of halogens is 2. The smallest absolute Gasteiger partial charge is 0.175 e. The average Bonchev–Trinajstić information content (AvgIpc) is 2.48. The van der Waals surface area contributed by atoms with Gasteiger partial charge in [-0.05, 0) is 38.3 Å². The highest BCUT2D eigenvalue weighted by Gasteiger charge is 2.08. The molecule has 2 aromatic rings. The van der Waals surface area contributed by atoms with Gasteiger partial charge in [0.2, 0.25) is 0 Å². The molecule has 0 aliphatic heterocycles. The number of pyridine rings is 1. The van der Waals surface area contributed by atoms with Crippen molar-refractivity contribution in [3.63, 3.8) is 0 Å². The maximum atomic E-state index is 4.30. The van der Waals surface area contributed by atoms with Crippen LogP contribution in [0.15, 0.2) is 15.4 Å². The highest BCUT2D eigenvalue weighted by Crippen LogP contribution is 2.24. The molecule has 0 radical (unpaired) electrons. The lowest BCUT2D eigenvalue weighted by molar-refractivity contribution is 1.05. The predicted octanol–water partition coefficient (Wildman–Crippen LogP) is 3.05. The van der Waals surface area contributed by atoms with Gasteiger partial charge in [-0.15, -0.1) is 0 Å². The first-order valence-electron chi connectivity index (χ1n) is 3.91. The van der Waals surface area contributed by atoms with E-state index in [1.807, 2.05) is 0 Å². The molecule has 0 saturated carbocycles. The number of nitrogens with zero attached hydrogens (tertiary/aromatic N) is 2. The standard InChI is InChI=1S/C8H7Br2N3/c1-2-5-7-6(4(9)3-11-5)12-8(10)13-7/h3H,2H2,1H3,(H,12,13). The fourth-order valence-electron chi connectivity index (χ4n) is 1.25. The highest BCUT2D eigenvalue weighted by molar-refractivity contribution is 9.11. The molecular weight excluding hydrogens is 298 g/mol. The Kier molecular flexibility index (Phi) is 2.38. The number of H-pyrrole nitrogens is 1. The minimum atomic E-state index is 0.742. The second-order valence-electron chi connectivity index (χ2n) is 2.66. The van der Waals surface area contributed by atoms with Crippen molar-refractivity contribution < 1.29 is 0 Å². The summed E-state index contributed by atoms with van der Waals surface area (Å²) in [6.07, 6.45) is 2.69. The monoisotopic (exact) mass is 303 g/mol. The van der Waals surface area contributed by atoms with Crippen LogP contribution in [-0.2, 0) is 6.42 Å². The zero-order chi connectivity index (χ0) is 9.42. The van der Waals surface area contributed by atoms with Crippen molar-refractivity contribution >= 4 is 42.9 Å². The fourth-order valence-corrected chi connectivity index (χ4v) is 2.02. The van der Waals surface area contributed by atoms with Crippen molar-refractivity contribution in [1.29, 1.82) is 0 Å². The number of hydrogen-bond acceptors (Lipinski definition) is 2. The number of nitrogens with one attached hydrogen (secondary N) is 1. The number of rotatable bonds is 1. The maximum Gasteiger partial charge on any atom is 0.175 e. The molecule has 0 saturated heterocycles. The largest absolute Gasteiger partial charge is 0.331 e. The number of aryl methyl sites for hydroxylation is 1. The summed E-state index contributed by atoms with van der Waals surface area (Å²) in [6.45, 7) is 2.07. The molecule has 0 atom stereocenters. The van der Waals surface area contributed by atoms with Crippen molar-refractivity contribution in [2.45, 2.75) is 13.3 Å². The van der Waals surface area contributed by atoms with E-state index in [2.05, 4.69) is 53.7 Å². The fraction of sp³-hybridized carbons (Fsp3) is 0.250. The molecule has 0 aliphatic rings. The van der Waals surface area contributed by atoms with Gasteiger partial charge in [0.1, 0.15) is 5.52 Å². The normalized spacial score (nSPS) is 11.0. The third kappa shape index (κ3) is 1.50. The van der Waals surface area contributed by atoms with Gasteiger partial charge < -0.3 is 4.98 Å². The summed E-state index contributed by atoms with van der Waals surface area (Å²) in [7, 11) is 0. The molecule has 3 nitrogen and oxygen atoms in total. The van der Waals surface area contributed by atoms with E-state index in [1.165, 1.54) is 0 Å². The topological polar surface area (TPSA) is 41.6 Å². The van der Waals surface area contributed by atoms with Crippen LogP contribution in [0, 0.1) is 0 Å². The van der Waals surface area contributed by atoms with E-state index >= 15 is 0 Å². The van der Waals surface area contributed by atoms with Gasteiger partial charge in [-0.3, -0.25) is 4.98 Å². The van der Waals surface area contributed by atoms with Crippen LogP contribution in [0.2, 0.25) is 0 Å². The first-order valence-corrected chi connectivity index (χ1v) is 5.49. The second-order valence-corrected chi connectivity index (χ2v) is 4.26. The molecule has 2 rings (SSSR count). The summed E-state index contributed by atoms with van der Waals surface area (Å²) in [5, 5.41) is 0. The predicted molar refractivity (Wildman–Crippen MR) is 58.7 cm³/mol. The zero-order valence-corrected chi connectivity index (χ0v) is 10.1. The molecule has 0 aromatic carbocycles. The van der Waals surface area contributed by atoms with Crippen molar-refractivity contribution in [3.05, 3.63) is 21.1 Å². The van der Waals surface area contributed by atoms with Crippen LogP contribution in [0.4, 0.5) is 0 Å². The quantitative estimate of drug-likeness (QED) is 0.880. The van der Waals surface area contributed by atoms with Crippen LogP contribution in [0.25, 0.3) is 11.0 Å². The van der Waals surface area contributed by atoms with E-state index in [0.29, 0.717) is 0 Å². The maximum absolute atomic E-state index is 4.30. The lowest BCUT2D eigenvalue weighted by Gasteiger charge is -1.97. The van der Waals surface area contributed by atoms with Gasteiger partial charge in [0.25, 0.3) is 0 Å². The summed E-state index contributed by atoms with van der Waals surface area (Å²) >= 11 is 6.71. The van der Waals surface area contributed by atoms with Crippen LogP contribution < -0.4 is 0 Å². The molecule has 0 amide bonds. The van der Waals surface area contributed by atoms with Crippen molar-refractivity contribution in [1.82, 2.24) is 15.0 Å². The molecule has 0 unspecified atom stereocenters. The van der Waals surface area contributed by atoms with Gasteiger partial charge in [0.15, 0.2) is 4.73 Å². The van der Waals surface area contributed by atoms with Gasteiger partial charge in [-0.25, -0.2) is 4.98 Å². The Hall–Kier alpha value is -0.420. The van der Waals surface area contributed by atoms with E-state index in [9.17, 15) is 0 Å². The molecule has 1 N–H and O–H groups in total. The van der Waals surface area contributed by atoms with Crippen LogP contribution in [0.1, 0.15) is 12.6 Å². The van der Waals surface area contributed by atoms with Gasteiger partial charge in [0.05, 0.1) is 15.7 Å². The first-order chi connectivity index (χ1) is 6.22. The highest BCUT2D eigenvalue weighted by atomic mass is 79.9. The lowest BCUT2D eigenvalue weighted by atomic mass is 10.2. The number of aromatic nitrogens is 3.